The van der Waals surface area contributed by atoms with Gasteiger partial charge in [0, 0.05) is 41.9 Å². The Kier molecular flexibility index (Phi) is 6.04. The molecule has 7 nitrogen and oxygen atoms in total. The number of benzene rings is 2. The van der Waals surface area contributed by atoms with Crippen molar-refractivity contribution in [2.75, 3.05) is 18.4 Å². The number of halogens is 1. The molecule has 1 N–H and O–H groups in total. The molecule has 30 heavy (non-hydrogen) atoms. The molecule has 0 aliphatic rings. The van der Waals surface area contributed by atoms with E-state index in [0.717, 1.165) is 27.4 Å². The van der Waals surface area contributed by atoms with Gasteiger partial charge in [-0.2, -0.15) is 4.31 Å². The highest BCUT2D eigenvalue weighted by molar-refractivity contribution is 7.89. The van der Waals surface area contributed by atoms with Crippen molar-refractivity contribution in [3.63, 3.8) is 0 Å². The van der Waals surface area contributed by atoms with Gasteiger partial charge in [-0.1, -0.05) is 13.8 Å². The van der Waals surface area contributed by atoms with Crippen LogP contribution in [0.4, 0.5) is 10.1 Å². The zero-order valence-electron chi connectivity index (χ0n) is 16.7. The first-order valence-corrected chi connectivity index (χ1v) is 10.8. The minimum absolute atomic E-state index is 0.0204. The minimum Gasteiger partial charge on any atom is -0.423 e. The summed E-state index contributed by atoms with van der Waals surface area (Å²) in [6, 6.07) is 9.37. The van der Waals surface area contributed by atoms with E-state index in [2.05, 4.69) is 5.32 Å². The number of amides is 1. The molecule has 0 unspecified atom stereocenters. The zero-order valence-corrected chi connectivity index (χ0v) is 17.5. The molecule has 9 heteroatoms. The topological polar surface area (TPSA) is 96.7 Å². The van der Waals surface area contributed by atoms with E-state index in [1.165, 1.54) is 18.2 Å². The average molecular weight is 432 g/mol. The number of fused-ring (bicyclic) bond motifs is 1. The van der Waals surface area contributed by atoms with Gasteiger partial charge in [-0.05, 0) is 42.8 Å². The molecule has 0 atom stereocenters. The number of carbonyl (C=O) groups excluding carboxylic acids is 1. The number of sulfonamides is 1. The summed E-state index contributed by atoms with van der Waals surface area (Å²) in [6.07, 6.45) is 0. The summed E-state index contributed by atoms with van der Waals surface area (Å²) < 4.78 is 45.9. The SMILES string of the molecule is CCN(CC)S(=O)(=O)c1cc(C(=O)Nc2ccc3c(C)cc(=O)oc3c2)ccc1F. The highest BCUT2D eigenvalue weighted by Gasteiger charge is 2.26. The van der Waals surface area contributed by atoms with Crippen molar-refractivity contribution in [2.45, 2.75) is 25.7 Å². The molecule has 0 saturated heterocycles. The smallest absolute Gasteiger partial charge is 0.336 e. The number of nitrogens with one attached hydrogen (secondary N) is 1. The third-order valence-corrected chi connectivity index (χ3v) is 6.79. The quantitative estimate of drug-likeness (QED) is 0.601. The van der Waals surface area contributed by atoms with Gasteiger partial charge in [0.25, 0.3) is 5.91 Å². The Balaban J connectivity index is 1.95. The van der Waals surface area contributed by atoms with Gasteiger partial charge in [0.2, 0.25) is 10.0 Å². The Morgan fingerprint density at radius 2 is 1.80 bits per heavy atom. The summed E-state index contributed by atoms with van der Waals surface area (Å²) in [5.41, 5.74) is 0.866. The molecule has 0 spiro atoms. The van der Waals surface area contributed by atoms with Crippen LogP contribution in [0.25, 0.3) is 11.0 Å². The number of rotatable bonds is 6. The molecule has 1 aromatic heterocycles. The fourth-order valence-electron chi connectivity index (χ4n) is 3.15. The summed E-state index contributed by atoms with van der Waals surface area (Å²) >= 11 is 0. The molecule has 0 radical (unpaired) electrons. The molecule has 0 fully saturated rings. The van der Waals surface area contributed by atoms with Crippen LogP contribution < -0.4 is 10.9 Å². The van der Waals surface area contributed by atoms with Gasteiger partial charge in [0.05, 0.1) is 0 Å². The van der Waals surface area contributed by atoms with Crippen LogP contribution in [0.3, 0.4) is 0 Å². The third-order valence-electron chi connectivity index (χ3n) is 4.73. The fraction of sp³-hybridized carbons (Fsp3) is 0.238. The van der Waals surface area contributed by atoms with Crippen molar-refractivity contribution in [3.8, 4) is 0 Å². The Labute approximate surface area is 173 Å². The molecule has 1 heterocycles. The number of hydrogen-bond acceptors (Lipinski definition) is 5. The monoisotopic (exact) mass is 432 g/mol. The van der Waals surface area contributed by atoms with Gasteiger partial charge in [-0.15, -0.1) is 0 Å². The maximum atomic E-state index is 14.3. The fourth-order valence-corrected chi connectivity index (χ4v) is 4.70. The second-order valence-electron chi connectivity index (χ2n) is 6.65. The predicted octanol–water partition coefficient (Wildman–Crippen LogP) is 3.52. The maximum Gasteiger partial charge on any atom is 0.336 e. The first-order chi connectivity index (χ1) is 14.2. The summed E-state index contributed by atoms with van der Waals surface area (Å²) in [6.45, 7) is 5.42. The summed E-state index contributed by atoms with van der Waals surface area (Å²) in [5, 5.41) is 3.34. The highest BCUT2D eigenvalue weighted by Crippen LogP contribution is 2.23. The van der Waals surface area contributed by atoms with E-state index in [1.54, 1.807) is 32.9 Å². The van der Waals surface area contributed by atoms with Crippen molar-refractivity contribution in [1.29, 1.82) is 0 Å². The molecule has 0 aliphatic carbocycles. The molecule has 0 saturated carbocycles. The van der Waals surface area contributed by atoms with Crippen molar-refractivity contribution in [3.05, 3.63) is 69.8 Å². The van der Waals surface area contributed by atoms with Crippen molar-refractivity contribution in [2.24, 2.45) is 0 Å². The summed E-state index contributed by atoms with van der Waals surface area (Å²) in [4.78, 5) is 23.7. The van der Waals surface area contributed by atoms with Gasteiger partial charge < -0.3 is 9.73 Å². The molecule has 2 aromatic carbocycles. The first kappa shape index (κ1) is 21.7. The summed E-state index contributed by atoms with van der Waals surface area (Å²) in [5.74, 6) is -1.55. The van der Waals surface area contributed by atoms with Gasteiger partial charge in [0.1, 0.15) is 16.3 Å². The highest BCUT2D eigenvalue weighted by atomic mass is 32.2. The Bertz CT molecular complexity index is 1280. The zero-order chi connectivity index (χ0) is 22.1. The predicted molar refractivity (Wildman–Crippen MR) is 112 cm³/mol. The Morgan fingerprint density at radius 3 is 2.47 bits per heavy atom. The molecule has 0 aliphatic heterocycles. The molecule has 1 amide bonds. The van der Waals surface area contributed by atoms with Gasteiger partial charge in [-0.25, -0.2) is 17.6 Å². The van der Waals surface area contributed by atoms with E-state index in [-0.39, 0.29) is 18.7 Å². The lowest BCUT2D eigenvalue weighted by Gasteiger charge is -2.19. The lowest BCUT2D eigenvalue weighted by molar-refractivity contribution is 0.102. The molecular weight excluding hydrogens is 411 g/mol. The Morgan fingerprint density at radius 1 is 1.10 bits per heavy atom. The number of hydrogen-bond donors (Lipinski definition) is 1. The molecular formula is C21H21FN2O5S. The molecule has 0 bridgehead atoms. The normalized spacial score (nSPS) is 11.8. The number of aryl methyl sites for hydroxylation is 1. The second-order valence-corrected chi connectivity index (χ2v) is 8.55. The number of carbonyl (C=O) groups is 1. The molecule has 3 aromatic rings. The van der Waals surface area contributed by atoms with Crippen molar-refractivity contribution in [1.82, 2.24) is 4.31 Å². The van der Waals surface area contributed by atoms with E-state index in [0.29, 0.717) is 11.3 Å². The number of anilines is 1. The minimum atomic E-state index is -4.07. The average Bonchev–Trinajstić information content (AvgIpc) is 2.68. The second kappa shape index (κ2) is 8.37. The van der Waals surface area contributed by atoms with Crippen LogP contribution in [0.2, 0.25) is 0 Å². The van der Waals surface area contributed by atoms with Crippen LogP contribution in [0.5, 0.6) is 0 Å². The molecule has 3 rings (SSSR count). The van der Waals surface area contributed by atoms with E-state index >= 15 is 0 Å². The lowest BCUT2D eigenvalue weighted by Crippen LogP contribution is -2.31. The largest absolute Gasteiger partial charge is 0.423 e. The van der Waals surface area contributed by atoms with E-state index in [1.807, 2.05) is 0 Å². The van der Waals surface area contributed by atoms with E-state index < -0.39 is 32.3 Å². The van der Waals surface area contributed by atoms with Crippen LogP contribution in [-0.4, -0.2) is 31.7 Å². The van der Waals surface area contributed by atoms with Crippen molar-refractivity contribution < 1.29 is 22.0 Å². The van der Waals surface area contributed by atoms with Crippen LogP contribution in [-0.2, 0) is 10.0 Å². The lowest BCUT2D eigenvalue weighted by atomic mass is 10.1. The van der Waals surface area contributed by atoms with Crippen LogP contribution >= 0.6 is 0 Å². The van der Waals surface area contributed by atoms with E-state index in [9.17, 15) is 22.4 Å². The van der Waals surface area contributed by atoms with Gasteiger partial charge >= 0.3 is 5.63 Å². The van der Waals surface area contributed by atoms with E-state index in [4.69, 9.17) is 4.42 Å². The van der Waals surface area contributed by atoms with Gasteiger partial charge in [-0.3, -0.25) is 4.79 Å². The van der Waals surface area contributed by atoms with Crippen LogP contribution in [0.15, 0.2) is 56.6 Å². The summed E-state index contributed by atoms with van der Waals surface area (Å²) in [7, 11) is -4.07. The standard InChI is InChI=1S/C21H21FN2O5S/c1-4-24(5-2)30(27,28)19-11-14(6-9-17(19)22)21(26)23-15-7-8-16-13(3)10-20(25)29-18(16)12-15/h6-12H,4-5H2,1-3H3,(H,23,26). The third kappa shape index (κ3) is 4.12. The number of nitrogens with zero attached hydrogens (tertiary/aromatic N) is 1. The Hall–Kier alpha value is -3.04. The van der Waals surface area contributed by atoms with Crippen LogP contribution in [0, 0.1) is 12.7 Å². The van der Waals surface area contributed by atoms with Crippen molar-refractivity contribution >= 4 is 32.6 Å². The molecule has 158 valence electrons. The van der Waals surface area contributed by atoms with Crippen LogP contribution in [0.1, 0.15) is 29.8 Å². The maximum absolute atomic E-state index is 14.3. The first-order valence-electron chi connectivity index (χ1n) is 9.33. The van der Waals surface area contributed by atoms with Gasteiger partial charge in [0.15, 0.2) is 0 Å².